The first-order valence-corrected chi connectivity index (χ1v) is 10.7. The van der Waals surface area contributed by atoms with Gasteiger partial charge < -0.3 is 14.2 Å². The average molecular weight is 446 g/mol. The Hall–Kier alpha value is -4.01. The van der Waals surface area contributed by atoms with E-state index in [1.165, 1.54) is 9.80 Å². The molecule has 168 valence electrons. The highest BCUT2D eigenvalue weighted by atomic mass is 16.6. The van der Waals surface area contributed by atoms with Gasteiger partial charge in [-0.3, -0.25) is 14.5 Å². The number of rotatable bonds is 5. The van der Waals surface area contributed by atoms with Gasteiger partial charge in [-0.05, 0) is 26.0 Å². The lowest BCUT2D eigenvalue weighted by Gasteiger charge is -2.50. The first kappa shape index (κ1) is 20.9. The van der Waals surface area contributed by atoms with Crippen molar-refractivity contribution in [2.75, 3.05) is 4.90 Å². The van der Waals surface area contributed by atoms with Crippen molar-refractivity contribution in [3.8, 4) is 11.4 Å². The van der Waals surface area contributed by atoms with Gasteiger partial charge in [0, 0.05) is 24.4 Å². The van der Waals surface area contributed by atoms with E-state index in [0.29, 0.717) is 17.1 Å². The molecule has 1 unspecified atom stereocenters. The summed E-state index contributed by atoms with van der Waals surface area (Å²) in [6, 6.07) is 15.7. The van der Waals surface area contributed by atoms with Crippen LogP contribution in [0.2, 0.25) is 0 Å². The second-order valence-corrected chi connectivity index (χ2v) is 8.29. The first-order valence-electron chi connectivity index (χ1n) is 10.7. The SMILES string of the molecule is CC(C)N1C(=O)c2ccccc2N2C(=O)CCC21C(=O)OCc1nc(-c2ccccc2)no1. The molecule has 3 heterocycles. The molecule has 1 fully saturated rings. The molecule has 33 heavy (non-hydrogen) atoms. The van der Waals surface area contributed by atoms with Crippen LogP contribution >= 0.6 is 0 Å². The highest BCUT2D eigenvalue weighted by molar-refractivity contribution is 6.15. The molecule has 1 aromatic heterocycles. The molecule has 2 amide bonds. The van der Waals surface area contributed by atoms with Crippen LogP contribution < -0.4 is 4.90 Å². The molecule has 5 rings (SSSR count). The zero-order valence-corrected chi connectivity index (χ0v) is 18.2. The number of hydrogen-bond donors (Lipinski definition) is 0. The van der Waals surface area contributed by atoms with Crippen LogP contribution in [0.5, 0.6) is 0 Å². The second-order valence-electron chi connectivity index (χ2n) is 8.29. The fourth-order valence-corrected chi connectivity index (χ4v) is 4.63. The van der Waals surface area contributed by atoms with E-state index in [0.717, 1.165) is 5.56 Å². The summed E-state index contributed by atoms with van der Waals surface area (Å²) < 4.78 is 10.8. The van der Waals surface area contributed by atoms with Crippen LogP contribution in [-0.2, 0) is 20.9 Å². The fourth-order valence-electron chi connectivity index (χ4n) is 4.63. The summed E-state index contributed by atoms with van der Waals surface area (Å²) in [5.41, 5.74) is 0.0154. The van der Waals surface area contributed by atoms with Crippen LogP contribution in [0.25, 0.3) is 11.4 Å². The van der Waals surface area contributed by atoms with Gasteiger partial charge in [-0.1, -0.05) is 47.6 Å². The van der Waals surface area contributed by atoms with Crippen molar-refractivity contribution in [3.05, 3.63) is 66.1 Å². The predicted octanol–water partition coefficient (Wildman–Crippen LogP) is 3.17. The average Bonchev–Trinajstić information content (AvgIpc) is 3.43. The molecular weight excluding hydrogens is 424 g/mol. The van der Waals surface area contributed by atoms with Crippen LogP contribution in [0.15, 0.2) is 59.1 Å². The molecule has 0 saturated carbocycles. The maximum absolute atomic E-state index is 13.6. The van der Waals surface area contributed by atoms with Gasteiger partial charge in [0.25, 0.3) is 11.8 Å². The van der Waals surface area contributed by atoms with E-state index >= 15 is 0 Å². The Kier molecular flexibility index (Phi) is 4.96. The Labute approximate surface area is 189 Å². The van der Waals surface area contributed by atoms with Gasteiger partial charge in [-0.15, -0.1) is 0 Å². The minimum Gasteiger partial charge on any atom is -0.452 e. The highest BCUT2D eigenvalue weighted by Gasteiger charge is 2.62. The van der Waals surface area contributed by atoms with Crippen molar-refractivity contribution in [2.45, 2.75) is 45.0 Å². The normalized spacial score (nSPS) is 19.6. The molecule has 0 radical (unpaired) electrons. The number of esters is 1. The molecule has 2 aromatic carbocycles. The predicted molar refractivity (Wildman–Crippen MR) is 117 cm³/mol. The van der Waals surface area contributed by atoms with Crippen LogP contribution in [0, 0.1) is 0 Å². The van der Waals surface area contributed by atoms with Gasteiger partial charge in [0.1, 0.15) is 0 Å². The number of carbonyl (C=O) groups excluding carboxylic acids is 3. The maximum Gasteiger partial charge on any atom is 0.354 e. The van der Waals surface area contributed by atoms with Crippen LogP contribution in [-0.4, -0.2) is 44.5 Å². The summed E-state index contributed by atoms with van der Waals surface area (Å²) in [6.07, 6.45) is 0.265. The Morgan fingerprint density at radius 2 is 1.85 bits per heavy atom. The lowest BCUT2D eigenvalue weighted by Crippen LogP contribution is -2.70. The van der Waals surface area contributed by atoms with Gasteiger partial charge in [0.15, 0.2) is 6.61 Å². The number of nitrogens with zero attached hydrogens (tertiary/aromatic N) is 4. The van der Waals surface area contributed by atoms with E-state index in [-0.39, 0.29) is 43.2 Å². The second kappa shape index (κ2) is 7.84. The molecule has 1 atom stereocenters. The van der Waals surface area contributed by atoms with Gasteiger partial charge in [-0.25, -0.2) is 4.79 Å². The summed E-state index contributed by atoms with van der Waals surface area (Å²) in [5, 5.41) is 3.93. The molecule has 2 aliphatic rings. The van der Waals surface area contributed by atoms with Crippen molar-refractivity contribution in [2.24, 2.45) is 0 Å². The third-order valence-corrected chi connectivity index (χ3v) is 5.97. The van der Waals surface area contributed by atoms with E-state index in [2.05, 4.69) is 10.1 Å². The third kappa shape index (κ3) is 3.19. The standard InChI is InChI=1S/C24H22N4O5/c1-15(2)27-22(30)17-10-6-7-11-18(17)28-20(29)12-13-24(27,28)23(31)32-14-19-25-21(26-33-19)16-8-4-3-5-9-16/h3-11,15H,12-14H2,1-2H3. The topological polar surface area (TPSA) is 106 Å². The minimum atomic E-state index is -1.56. The first-order chi connectivity index (χ1) is 15.9. The smallest absolute Gasteiger partial charge is 0.354 e. The number of ether oxygens (including phenoxy) is 1. The van der Waals surface area contributed by atoms with E-state index in [9.17, 15) is 14.4 Å². The number of para-hydroxylation sites is 1. The summed E-state index contributed by atoms with van der Waals surface area (Å²) in [4.78, 5) is 47.0. The zero-order chi connectivity index (χ0) is 23.2. The van der Waals surface area contributed by atoms with Crippen molar-refractivity contribution < 1.29 is 23.6 Å². The lowest BCUT2D eigenvalue weighted by molar-refractivity contribution is -0.160. The molecular formula is C24H22N4O5. The molecule has 2 aliphatic heterocycles. The van der Waals surface area contributed by atoms with Crippen molar-refractivity contribution in [3.63, 3.8) is 0 Å². The minimum absolute atomic E-state index is 0.119. The quantitative estimate of drug-likeness (QED) is 0.554. The number of aromatic nitrogens is 2. The lowest BCUT2D eigenvalue weighted by atomic mass is 9.95. The summed E-state index contributed by atoms with van der Waals surface area (Å²) >= 11 is 0. The monoisotopic (exact) mass is 446 g/mol. The summed E-state index contributed by atoms with van der Waals surface area (Å²) in [5.74, 6) is -0.755. The number of carbonyl (C=O) groups is 3. The largest absolute Gasteiger partial charge is 0.452 e. The Morgan fingerprint density at radius 3 is 2.61 bits per heavy atom. The van der Waals surface area contributed by atoms with E-state index < -0.39 is 11.6 Å². The summed E-state index contributed by atoms with van der Waals surface area (Å²) in [7, 11) is 0. The van der Waals surface area contributed by atoms with Gasteiger partial charge in [0.05, 0.1) is 11.3 Å². The Balaban J connectivity index is 1.46. The third-order valence-electron chi connectivity index (χ3n) is 5.97. The number of benzene rings is 2. The van der Waals surface area contributed by atoms with E-state index in [1.54, 1.807) is 24.3 Å². The van der Waals surface area contributed by atoms with Crippen molar-refractivity contribution in [1.82, 2.24) is 15.0 Å². The van der Waals surface area contributed by atoms with Gasteiger partial charge in [0.2, 0.25) is 17.4 Å². The highest BCUT2D eigenvalue weighted by Crippen LogP contribution is 2.46. The Bertz CT molecular complexity index is 1240. The molecule has 0 N–H and O–H groups in total. The number of fused-ring (bicyclic) bond motifs is 3. The molecule has 0 bridgehead atoms. The molecule has 0 aliphatic carbocycles. The summed E-state index contributed by atoms with van der Waals surface area (Å²) in [6.45, 7) is 3.35. The molecule has 0 spiro atoms. The van der Waals surface area contributed by atoms with Crippen molar-refractivity contribution >= 4 is 23.5 Å². The van der Waals surface area contributed by atoms with E-state index in [1.807, 2.05) is 44.2 Å². The zero-order valence-electron chi connectivity index (χ0n) is 18.2. The van der Waals surface area contributed by atoms with Gasteiger partial charge in [-0.2, -0.15) is 4.98 Å². The maximum atomic E-state index is 13.6. The molecule has 9 nitrogen and oxygen atoms in total. The van der Waals surface area contributed by atoms with Gasteiger partial charge >= 0.3 is 5.97 Å². The van der Waals surface area contributed by atoms with Crippen LogP contribution in [0.3, 0.4) is 0 Å². The van der Waals surface area contributed by atoms with Crippen molar-refractivity contribution in [1.29, 1.82) is 0 Å². The Morgan fingerprint density at radius 1 is 1.12 bits per heavy atom. The molecule has 9 heteroatoms. The molecule has 1 saturated heterocycles. The van der Waals surface area contributed by atoms with Crippen LogP contribution in [0.4, 0.5) is 5.69 Å². The number of anilines is 1. The van der Waals surface area contributed by atoms with E-state index in [4.69, 9.17) is 9.26 Å². The number of amides is 2. The fraction of sp³-hybridized carbons (Fsp3) is 0.292. The molecule has 3 aromatic rings. The number of hydrogen-bond acceptors (Lipinski definition) is 7. The van der Waals surface area contributed by atoms with Crippen LogP contribution in [0.1, 0.15) is 42.9 Å².